The maximum atomic E-state index is 12.2. The molecule has 5 nitrogen and oxygen atoms in total. The molecule has 2 aromatic carbocycles. The van der Waals surface area contributed by atoms with E-state index >= 15 is 0 Å². The van der Waals surface area contributed by atoms with Crippen molar-refractivity contribution in [2.75, 3.05) is 10.6 Å². The molecule has 0 aromatic heterocycles. The van der Waals surface area contributed by atoms with Gasteiger partial charge < -0.3 is 15.7 Å². The van der Waals surface area contributed by atoms with E-state index in [0.29, 0.717) is 23.4 Å². The Kier molecular flexibility index (Phi) is 4.78. The molecular weight excluding hydrogens is 280 g/mol. The van der Waals surface area contributed by atoms with Gasteiger partial charge in [0.1, 0.15) is 5.75 Å². The first kappa shape index (κ1) is 15.6. The minimum atomic E-state index is -0.325. The molecule has 0 aliphatic carbocycles. The van der Waals surface area contributed by atoms with Crippen LogP contribution in [0.15, 0.2) is 42.5 Å². The molecule has 0 unspecified atom stereocenters. The molecule has 0 atom stereocenters. The molecular formula is C17H18N2O3. The first-order chi connectivity index (χ1) is 10.5. The SMILES string of the molecule is CCC(=O)Nc1ccc(C(=O)Nc2cc(C)ccc2O)cc1. The molecule has 0 heterocycles. The van der Waals surface area contributed by atoms with Gasteiger partial charge in [-0.3, -0.25) is 9.59 Å². The van der Waals surface area contributed by atoms with E-state index in [0.717, 1.165) is 5.56 Å². The summed E-state index contributed by atoms with van der Waals surface area (Å²) in [6.45, 7) is 3.64. The monoisotopic (exact) mass is 298 g/mol. The molecule has 0 spiro atoms. The van der Waals surface area contributed by atoms with Gasteiger partial charge in [-0.2, -0.15) is 0 Å². The second-order valence-electron chi connectivity index (χ2n) is 4.95. The van der Waals surface area contributed by atoms with Gasteiger partial charge in [0.05, 0.1) is 5.69 Å². The summed E-state index contributed by atoms with van der Waals surface area (Å²) in [5.41, 5.74) is 2.39. The standard InChI is InChI=1S/C17H18N2O3/c1-3-16(21)18-13-7-5-12(6-8-13)17(22)19-14-10-11(2)4-9-15(14)20/h4-10,20H,3H2,1-2H3,(H,18,21)(H,19,22). The third kappa shape index (κ3) is 3.85. The van der Waals surface area contributed by atoms with E-state index in [-0.39, 0.29) is 17.6 Å². The van der Waals surface area contributed by atoms with Gasteiger partial charge in [0.2, 0.25) is 5.91 Å². The number of rotatable bonds is 4. The third-order valence-electron chi connectivity index (χ3n) is 3.15. The van der Waals surface area contributed by atoms with Crippen LogP contribution in [0.25, 0.3) is 0 Å². The molecule has 22 heavy (non-hydrogen) atoms. The molecule has 0 radical (unpaired) electrons. The van der Waals surface area contributed by atoms with Crippen molar-refractivity contribution in [1.29, 1.82) is 0 Å². The molecule has 0 aliphatic rings. The number of hydrogen-bond donors (Lipinski definition) is 3. The van der Waals surface area contributed by atoms with Crippen molar-refractivity contribution < 1.29 is 14.7 Å². The molecule has 0 saturated carbocycles. The van der Waals surface area contributed by atoms with Crippen LogP contribution in [0.4, 0.5) is 11.4 Å². The highest BCUT2D eigenvalue weighted by Crippen LogP contribution is 2.24. The van der Waals surface area contributed by atoms with Gasteiger partial charge in [-0.15, -0.1) is 0 Å². The number of anilines is 2. The van der Waals surface area contributed by atoms with Gasteiger partial charge in [0, 0.05) is 17.7 Å². The third-order valence-corrected chi connectivity index (χ3v) is 3.15. The van der Waals surface area contributed by atoms with E-state index in [1.165, 1.54) is 6.07 Å². The zero-order chi connectivity index (χ0) is 16.1. The number of aromatic hydroxyl groups is 1. The predicted octanol–water partition coefficient (Wildman–Crippen LogP) is 3.30. The number of nitrogens with one attached hydrogen (secondary N) is 2. The fraction of sp³-hybridized carbons (Fsp3) is 0.176. The molecule has 2 amide bonds. The maximum absolute atomic E-state index is 12.2. The van der Waals surface area contributed by atoms with E-state index in [4.69, 9.17) is 0 Å². The second-order valence-corrected chi connectivity index (χ2v) is 4.95. The quantitative estimate of drug-likeness (QED) is 0.758. The molecule has 5 heteroatoms. The summed E-state index contributed by atoms with van der Waals surface area (Å²) in [6.07, 6.45) is 0.398. The van der Waals surface area contributed by atoms with Crippen LogP contribution in [0.3, 0.4) is 0 Å². The van der Waals surface area contributed by atoms with E-state index < -0.39 is 0 Å². The van der Waals surface area contributed by atoms with Gasteiger partial charge in [-0.1, -0.05) is 13.0 Å². The molecule has 0 bridgehead atoms. The lowest BCUT2D eigenvalue weighted by Gasteiger charge is -2.09. The van der Waals surface area contributed by atoms with E-state index in [1.54, 1.807) is 43.3 Å². The van der Waals surface area contributed by atoms with Crippen molar-refractivity contribution in [2.24, 2.45) is 0 Å². The van der Waals surface area contributed by atoms with Crippen molar-refractivity contribution >= 4 is 23.2 Å². The van der Waals surface area contributed by atoms with Crippen molar-refractivity contribution in [3.05, 3.63) is 53.6 Å². The van der Waals surface area contributed by atoms with Gasteiger partial charge in [0.25, 0.3) is 5.91 Å². The molecule has 2 aromatic rings. The number of carbonyl (C=O) groups is 2. The van der Waals surface area contributed by atoms with E-state index in [2.05, 4.69) is 10.6 Å². The predicted molar refractivity (Wildman–Crippen MR) is 86.2 cm³/mol. The van der Waals surface area contributed by atoms with Crippen LogP contribution < -0.4 is 10.6 Å². The lowest BCUT2D eigenvalue weighted by atomic mass is 10.1. The van der Waals surface area contributed by atoms with Crippen LogP contribution in [0.5, 0.6) is 5.75 Å². The summed E-state index contributed by atoms with van der Waals surface area (Å²) in [5, 5.41) is 15.1. The van der Waals surface area contributed by atoms with Crippen molar-refractivity contribution in [2.45, 2.75) is 20.3 Å². The average Bonchev–Trinajstić information content (AvgIpc) is 2.51. The summed E-state index contributed by atoms with van der Waals surface area (Å²) in [6, 6.07) is 11.6. The highest BCUT2D eigenvalue weighted by Gasteiger charge is 2.09. The summed E-state index contributed by atoms with van der Waals surface area (Å²) < 4.78 is 0. The second kappa shape index (κ2) is 6.76. The molecule has 0 fully saturated rings. The van der Waals surface area contributed by atoms with Crippen LogP contribution >= 0.6 is 0 Å². The number of carbonyl (C=O) groups excluding carboxylic acids is 2. The number of phenolic OH excluding ortho intramolecular Hbond substituents is 1. The first-order valence-electron chi connectivity index (χ1n) is 7.00. The number of amides is 2. The molecule has 3 N–H and O–H groups in total. The molecule has 0 saturated heterocycles. The summed E-state index contributed by atoms with van der Waals surface area (Å²) in [5.74, 6) is -0.387. The van der Waals surface area contributed by atoms with Crippen LogP contribution in [-0.2, 0) is 4.79 Å². The van der Waals surface area contributed by atoms with Crippen molar-refractivity contribution in [1.82, 2.24) is 0 Å². The maximum Gasteiger partial charge on any atom is 0.255 e. The Morgan fingerprint density at radius 3 is 2.36 bits per heavy atom. The van der Waals surface area contributed by atoms with E-state index in [1.807, 2.05) is 6.92 Å². The topological polar surface area (TPSA) is 78.4 Å². The smallest absolute Gasteiger partial charge is 0.255 e. The van der Waals surface area contributed by atoms with Crippen LogP contribution in [-0.4, -0.2) is 16.9 Å². The van der Waals surface area contributed by atoms with E-state index in [9.17, 15) is 14.7 Å². The number of hydrogen-bond acceptors (Lipinski definition) is 3. The van der Waals surface area contributed by atoms with Crippen LogP contribution in [0, 0.1) is 6.92 Å². The summed E-state index contributed by atoms with van der Waals surface area (Å²) >= 11 is 0. The Balaban J connectivity index is 2.09. The highest BCUT2D eigenvalue weighted by atomic mass is 16.3. The zero-order valence-electron chi connectivity index (χ0n) is 12.5. The van der Waals surface area contributed by atoms with Crippen LogP contribution in [0.1, 0.15) is 29.3 Å². The van der Waals surface area contributed by atoms with Gasteiger partial charge >= 0.3 is 0 Å². The fourth-order valence-corrected chi connectivity index (χ4v) is 1.90. The lowest BCUT2D eigenvalue weighted by Crippen LogP contribution is -2.13. The number of aryl methyl sites for hydroxylation is 1. The summed E-state index contributed by atoms with van der Waals surface area (Å²) in [4.78, 5) is 23.5. The molecule has 114 valence electrons. The van der Waals surface area contributed by atoms with Gasteiger partial charge in [-0.05, 0) is 48.9 Å². The molecule has 2 rings (SSSR count). The van der Waals surface area contributed by atoms with Gasteiger partial charge in [0.15, 0.2) is 0 Å². The Bertz CT molecular complexity index is 694. The largest absolute Gasteiger partial charge is 0.506 e. The zero-order valence-corrected chi connectivity index (χ0v) is 12.5. The minimum absolute atomic E-state index is 0.0192. The Morgan fingerprint density at radius 2 is 1.73 bits per heavy atom. The lowest BCUT2D eigenvalue weighted by molar-refractivity contribution is -0.115. The Hall–Kier alpha value is -2.82. The normalized spacial score (nSPS) is 10.1. The van der Waals surface area contributed by atoms with Crippen molar-refractivity contribution in [3.63, 3.8) is 0 Å². The number of phenols is 1. The fourth-order valence-electron chi connectivity index (χ4n) is 1.90. The summed E-state index contributed by atoms with van der Waals surface area (Å²) in [7, 11) is 0. The van der Waals surface area contributed by atoms with Crippen molar-refractivity contribution in [3.8, 4) is 5.75 Å². The Morgan fingerprint density at radius 1 is 1.05 bits per heavy atom. The first-order valence-corrected chi connectivity index (χ1v) is 7.00. The van der Waals surface area contributed by atoms with Gasteiger partial charge in [-0.25, -0.2) is 0 Å². The molecule has 0 aliphatic heterocycles. The number of benzene rings is 2. The van der Waals surface area contributed by atoms with Crippen LogP contribution in [0.2, 0.25) is 0 Å². The Labute approximate surface area is 129 Å². The average molecular weight is 298 g/mol. The highest BCUT2D eigenvalue weighted by molar-refractivity contribution is 6.05. The minimum Gasteiger partial charge on any atom is -0.506 e.